The van der Waals surface area contributed by atoms with Crippen molar-refractivity contribution >= 4 is 15.7 Å². The molecule has 1 aromatic rings. The fraction of sp³-hybridized carbons (Fsp3) is 0.333. The third-order valence-electron chi connectivity index (χ3n) is 2.12. The van der Waals surface area contributed by atoms with Crippen molar-refractivity contribution in [3.8, 4) is 0 Å². The molecule has 0 radical (unpaired) electrons. The van der Waals surface area contributed by atoms with Crippen LogP contribution >= 0.6 is 0 Å². The van der Waals surface area contributed by atoms with Gasteiger partial charge in [0, 0.05) is 0 Å². The Kier molecular flexibility index (Phi) is 4.75. The topological polar surface area (TPSA) is 43.4 Å². The van der Waals surface area contributed by atoms with Crippen molar-refractivity contribution in [1.82, 2.24) is 0 Å². The summed E-state index contributed by atoms with van der Waals surface area (Å²) in [6.07, 6.45) is -4.26. The molecule has 3 nitrogen and oxygen atoms in total. The molecule has 0 saturated carbocycles. The van der Waals surface area contributed by atoms with E-state index in [4.69, 9.17) is 0 Å². The number of rotatable bonds is 4. The zero-order valence-electron chi connectivity index (χ0n) is 10.3. The molecule has 0 aromatic heterocycles. The van der Waals surface area contributed by atoms with Crippen LogP contribution in [0.3, 0.4) is 0 Å². The van der Waals surface area contributed by atoms with E-state index >= 15 is 0 Å². The van der Waals surface area contributed by atoms with Gasteiger partial charge in [-0.2, -0.15) is 21.6 Å². The SMILES string of the molecule is C[C@H](/C=C(/c1ccccc1)C(F)(F)F)OS(C)(=O)=O. The third-order valence-corrected chi connectivity index (χ3v) is 2.77. The molecule has 0 heterocycles. The van der Waals surface area contributed by atoms with Gasteiger partial charge >= 0.3 is 6.18 Å². The Hall–Kier alpha value is -1.34. The van der Waals surface area contributed by atoms with Crippen molar-refractivity contribution in [2.45, 2.75) is 19.2 Å². The van der Waals surface area contributed by atoms with Gasteiger partial charge < -0.3 is 0 Å². The van der Waals surface area contributed by atoms with Gasteiger partial charge in [-0.3, -0.25) is 4.18 Å². The predicted octanol–water partition coefficient (Wildman–Crippen LogP) is 3.00. The largest absolute Gasteiger partial charge is 0.416 e. The van der Waals surface area contributed by atoms with Crippen LogP contribution in [0.15, 0.2) is 36.4 Å². The first-order valence-corrected chi connectivity index (χ1v) is 7.14. The maximum absolute atomic E-state index is 12.9. The molecule has 0 aliphatic heterocycles. The summed E-state index contributed by atoms with van der Waals surface area (Å²) in [5.41, 5.74) is -0.969. The monoisotopic (exact) mass is 294 g/mol. The van der Waals surface area contributed by atoms with E-state index < -0.39 is 28.0 Å². The van der Waals surface area contributed by atoms with Crippen molar-refractivity contribution in [3.05, 3.63) is 42.0 Å². The Balaban J connectivity index is 3.13. The Bertz CT molecular complexity index is 547. The van der Waals surface area contributed by atoms with Crippen LogP contribution in [-0.4, -0.2) is 27.0 Å². The number of hydrogen-bond donors (Lipinski definition) is 0. The maximum atomic E-state index is 12.9. The first-order valence-electron chi connectivity index (χ1n) is 5.32. The first-order chi connectivity index (χ1) is 8.59. The normalized spacial score (nSPS) is 15.3. The van der Waals surface area contributed by atoms with Crippen molar-refractivity contribution in [1.29, 1.82) is 0 Å². The Labute approximate surface area is 109 Å². The van der Waals surface area contributed by atoms with Crippen LogP contribution in [0.2, 0.25) is 0 Å². The molecule has 0 fully saturated rings. The minimum Gasteiger partial charge on any atom is -0.263 e. The molecule has 1 aromatic carbocycles. The second-order valence-corrected chi connectivity index (χ2v) is 5.55. The maximum Gasteiger partial charge on any atom is 0.416 e. The van der Waals surface area contributed by atoms with Crippen LogP contribution in [0, 0.1) is 0 Å². The second kappa shape index (κ2) is 5.75. The predicted molar refractivity (Wildman–Crippen MR) is 65.9 cm³/mol. The molecule has 0 amide bonds. The van der Waals surface area contributed by atoms with Crippen LogP contribution in [0.5, 0.6) is 0 Å². The molecule has 0 N–H and O–H groups in total. The first kappa shape index (κ1) is 15.7. The molecular formula is C12H13F3O3S. The van der Waals surface area contributed by atoms with Crippen LogP contribution in [0.25, 0.3) is 5.57 Å². The van der Waals surface area contributed by atoms with E-state index in [1.165, 1.54) is 31.2 Å². The van der Waals surface area contributed by atoms with Gasteiger partial charge in [0.2, 0.25) is 0 Å². The summed E-state index contributed by atoms with van der Waals surface area (Å²) in [6.45, 7) is 1.23. The van der Waals surface area contributed by atoms with Gasteiger partial charge in [-0.1, -0.05) is 30.3 Å². The van der Waals surface area contributed by atoms with Gasteiger partial charge in [0.1, 0.15) is 0 Å². The summed E-state index contributed by atoms with van der Waals surface area (Å²) < 4.78 is 65.0. The lowest BCUT2D eigenvalue weighted by Gasteiger charge is -2.14. The van der Waals surface area contributed by atoms with Crippen LogP contribution < -0.4 is 0 Å². The highest BCUT2D eigenvalue weighted by Crippen LogP contribution is 2.34. The number of hydrogen-bond acceptors (Lipinski definition) is 3. The highest BCUT2D eigenvalue weighted by atomic mass is 32.2. The molecule has 0 spiro atoms. The Morgan fingerprint density at radius 1 is 1.26 bits per heavy atom. The Morgan fingerprint density at radius 3 is 2.21 bits per heavy atom. The van der Waals surface area contributed by atoms with Gasteiger partial charge in [0.25, 0.3) is 10.1 Å². The van der Waals surface area contributed by atoms with Gasteiger partial charge in [-0.05, 0) is 18.6 Å². The third kappa shape index (κ3) is 5.44. The lowest BCUT2D eigenvalue weighted by Crippen LogP contribution is -2.17. The fourth-order valence-corrected chi connectivity index (χ4v) is 2.12. The average Bonchev–Trinajstić information content (AvgIpc) is 2.23. The molecule has 0 aliphatic rings. The van der Waals surface area contributed by atoms with Gasteiger partial charge in [-0.25, -0.2) is 0 Å². The fourth-order valence-electron chi connectivity index (χ4n) is 1.51. The molecule has 19 heavy (non-hydrogen) atoms. The highest BCUT2D eigenvalue weighted by Gasteiger charge is 2.35. The lowest BCUT2D eigenvalue weighted by molar-refractivity contribution is -0.0694. The molecule has 1 atom stereocenters. The zero-order chi connectivity index (χ0) is 14.7. The van der Waals surface area contributed by atoms with E-state index in [1.54, 1.807) is 6.07 Å². The molecule has 0 aliphatic carbocycles. The smallest absolute Gasteiger partial charge is 0.263 e. The van der Waals surface area contributed by atoms with Gasteiger partial charge in [0.05, 0.1) is 17.9 Å². The van der Waals surface area contributed by atoms with Crippen molar-refractivity contribution < 1.29 is 25.8 Å². The minimum absolute atomic E-state index is 0.0426. The van der Waals surface area contributed by atoms with Gasteiger partial charge in [-0.15, -0.1) is 0 Å². The summed E-state index contributed by atoms with van der Waals surface area (Å²) in [5, 5.41) is 0. The van der Waals surface area contributed by atoms with Crippen LogP contribution in [-0.2, 0) is 14.3 Å². The zero-order valence-corrected chi connectivity index (χ0v) is 11.1. The summed E-state index contributed by atoms with van der Waals surface area (Å²) in [6, 6.07) is 7.13. The molecule has 0 bridgehead atoms. The number of halogens is 3. The average molecular weight is 294 g/mol. The minimum atomic E-state index is -4.59. The summed E-state index contributed by atoms with van der Waals surface area (Å²) in [5.74, 6) is 0. The number of alkyl halides is 3. The standard InChI is InChI=1S/C12H13F3O3S/c1-9(18-19(2,16)17)8-11(12(13,14)15)10-6-4-3-5-7-10/h3-9H,1-2H3/b11-8-/t9-/m1/s1. The molecular weight excluding hydrogens is 281 g/mol. The van der Waals surface area contributed by atoms with E-state index in [-0.39, 0.29) is 5.56 Å². The summed E-state index contributed by atoms with van der Waals surface area (Å²) in [7, 11) is -3.81. The second-order valence-electron chi connectivity index (χ2n) is 3.95. The van der Waals surface area contributed by atoms with Crippen molar-refractivity contribution in [2.75, 3.05) is 6.26 Å². The van der Waals surface area contributed by atoms with E-state index in [2.05, 4.69) is 4.18 Å². The van der Waals surface area contributed by atoms with E-state index in [0.717, 1.165) is 12.3 Å². The highest BCUT2D eigenvalue weighted by molar-refractivity contribution is 7.86. The summed E-state index contributed by atoms with van der Waals surface area (Å²) in [4.78, 5) is 0. The molecule has 1 rings (SSSR count). The Morgan fingerprint density at radius 2 is 1.79 bits per heavy atom. The molecule has 106 valence electrons. The van der Waals surface area contributed by atoms with Crippen LogP contribution in [0.1, 0.15) is 12.5 Å². The molecule has 0 unspecified atom stereocenters. The lowest BCUT2D eigenvalue weighted by atomic mass is 10.0. The van der Waals surface area contributed by atoms with E-state index in [0.29, 0.717) is 0 Å². The summed E-state index contributed by atoms with van der Waals surface area (Å²) >= 11 is 0. The van der Waals surface area contributed by atoms with E-state index in [1.807, 2.05) is 0 Å². The molecule has 7 heteroatoms. The van der Waals surface area contributed by atoms with Crippen molar-refractivity contribution in [3.63, 3.8) is 0 Å². The molecule has 0 saturated heterocycles. The quantitative estimate of drug-likeness (QED) is 0.802. The van der Waals surface area contributed by atoms with Gasteiger partial charge in [0.15, 0.2) is 0 Å². The van der Waals surface area contributed by atoms with E-state index in [9.17, 15) is 21.6 Å². The number of benzene rings is 1. The van der Waals surface area contributed by atoms with Crippen LogP contribution in [0.4, 0.5) is 13.2 Å². The number of allylic oxidation sites excluding steroid dienone is 1. The van der Waals surface area contributed by atoms with Crippen molar-refractivity contribution in [2.24, 2.45) is 0 Å².